The van der Waals surface area contributed by atoms with Gasteiger partial charge in [-0.3, -0.25) is 14.4 Å². The van der Waals surface area contributed by atoms with E-state index in [-0.39, 0.29) is 31.1 Å². The van der Waals surface area contributed by atoms with Crippen molar-refractivity contribution in [3.05, 3.63) is 36.5 Å². The highest BCUT2D eigenvalue weighted by atomic mass is 16.6. The van der Waals surface area contributed by atoms with Crippen LogP contribution in [0.2, 0.25) is 0 Å². The molecule has 0 aromatic carbocycles. The van der Waals surface area contributed by atoms with Crippen LogP contribution in [-0.4, -0.2) is 37.2 Å². The van der Waals surface area contributed by atoms with Crippen molar-refractivity contribution in [2.24, 2.45) is 0 Å². The third kappa shape index (κ3) is 66.3. The van der Waals surface area contributed by atoms with Crippen LogP contribution in [0.1, 0.15) is 393 Å². The Labute approximate surface area is 493 Å². The van der Waals surface area contributed by atoms with Gasteiger partial charge in [-0.25, -0.2) is 0 Å². The van der Waals surface area contributed by atoms with Gasteiger partial charge in [-0.05, 0) is 77.0 Å². The van der Waals surface area contributed by atoms with Crippen molar-refractivity contribution < 1.29 is 28.6 Å². The van der Waals surface area contributed by atoms with Crippen LogP contribution in [0.5, 0.6) is 0 Å². The number of hydrogen-bond donors (Lipinski definition) is 0. The Hall–Kier alpha value is -2.37. The van der Waals surface area contributed by atoms with Crippen molar-refractivity contribution in [2.45, 2.75) is 399 Å². The quantitative estimate of drug-likeness (QED) is 0.0261. The average molecular weight is 1110 g/mol. The lowest BCUT2D eigenvalue weighted by Crippen LogP contribution is -2.30. The molecule has 0 rings (SSSR count). The third-order valence-corrected chi connectivity index (χ3v) is 16.1. The summed E-state index contributed by atoms with van der Waals surface area (Å²) in [6, 6.07) is 0. The monoisotopic (exact) mass is 1110 g/mol. The fraction of sp³-hybridized carbons (Fsp3) is 0.877. The van der Waals surface area contributed by atoms with Gasteiger partial charge in [0.2, 0.25) is 0 Å². The number of esters is 3. The van der Waals surface area contributed by atoms with Crippen molar-refractivity contribution >= 4 is 17.9 Å². The Morgan fingerprint density at radius 2 is 0.456 bits per heavy atom. The van der Waals surface area contributed by atoms with Crippen LogP contribution >= 0.6 is 0 Å². The molecule has 0 aliphatic rings. The number of carbonyl (C=O) groups excluding carboxylic acids is 3. The van der Waals surface area contributed by atoms with Gasteiger partial charge < -0.3 is 14.2 Å². The van der Waals surface area contributed by atoms with Crippen molar-refractivity contribution in [3.63, 3.8) is 0 Å². The number of hydrogen-bond acceptors (Lipinski definition) is 6. The summed E-state index contributed by atoms with van der Waals surface area (Å²) in [6.45, 7) is 6.70. The molecule has 0 saturated heterocycles. The highest BCUT2D eigenvalue weighted by molar-refractivity contribution is 5.71. The molecular weight excluding hydrogens is 973 g/mol. The van der Waals surface area contributed by atoms with Gasteiger partial charge in [0.1, 0.15) is 13.2 Å². The van der Waals surface area contributed by atoms with Crippen molar-refractivity contribution in [1.29, 1.82) is 0 Å². The normalized spacial score (nSPS) is 12.2. The molecule has 0 amide bonds. The van der Waals surface area contributed by atoms with E-state index in [0.717, 1.165) is 64.2 Å². The van der Waals surface area contributed by atoms with E-state index in [2.05, 4.69) is 57.2 Å². The molecule has 0 heterocycles. The molecule has 0 bridgehead atoms. The molecule has 0 N–H and O–H groups in total. The number of ether oxygens (including phenoxy) is 3. The lowest BCUT2D eigenvalue weighted by atomic mass is 10.0. The summed E-state index contributed by atoms with van der Waals surface area (Å²) >= 11 is 0. The van der Waals surface area contributed by atoms with Gasteiger partial charge in [-0.2, -0.15) is 0 Å². The molecule has 79 heavy (non-hydrogen) atoms. The minimum atomic E-state index is -0.771. The van der Waals surface area contributed by atoms with Crippen LogP contribution in [0.25, 0.3) is 0 Å². The van der Waals surface area contributed by atoms with Gasteiger partial charge in [0.05, 0.1) is 0 Å². The van der Waals surface area contributed by atoms with E-state index < -0.39 is 6.10 Å². The predicted octanol–water partition coefficient (Wildman–Crippen LogP) is 24.3. The number of rotatable bonds is 66. The standard InChI is InChI=1S/C73H136O6/c1-4-7-10-13-16-19-22-25-27-29-31-33-35-36-38-39-41-43-45-48-51-54-57-60-63-66-72(75)78-69-70(68-77-71(74)65-62-59-56-53-50-47-24-21-18-15-12-9-6-3)79-73(76)67-64-61-58-55-52-49-46-44-42-40-37-34-32-30-28-26-23-20-17-14-11-8-5-2/h22,25,29-32,70H,4-21,23-24,26-28,33-69H2,1-3H3/b25-22-,31-29-,32-30-. The summed E-state index contributed by atoms with van der Waals surface area (Å²) in [6.07, 6.45) is 84.6. The molecule has 0 aromatic heterocycles. The molecule has 0 aliphatic heterocycles. The van der Waals surface area contributed by atoms with Crippen LogP contribution in [0.3, 0.4) is 0 Å². The van der Waals surface area contributed by atoms with Crippen molar-refractivity contribution in [3.8, 4) is 0 Å². The highest BCUT2D eigenvalue weighted by Crippen LogP contribution is 2.18. The van der Waals surface area contributed by atoms with Gasteiger partial charge >= 0.3 is 17.9 Å². The van der Waals surface area contributed by atoms with E-state index in [1.165, 1.54) is 289 Å². The molecule has 1 atom stereocenters. The van der Waals surface area contributed by atoms with Crippen LogP contribution in [0, 0.1) is 0 Å². The zero-order valence-electron chi connectivity index (χ0n) is 53.4. The lowest BCUT2D eigenvalue weighted by molar-refractivity contribution is -0.167. The maximum Gasteiger partial charge on any atom is 0.306 e. The molecule has 0 aliphatic carbocycles. The SMILES string of the molecule is CCCCCCC/C=C\C/C=C\CCCCCCCCCCCCCCCC(=O)OCC(COC(=O)CCCCCCCCCCCCCCC)OC(=O)CCCCCCCCCCCCC/C=C\CCCCCCCCCC. The zero-order chi connectivity index (χ0) is 57.1. The summed E-state index contributed by atoms with van der Waals surface area (Å²) in [5, 5.41) is 0. The molecule has 1 unspecified atom stereocenters. The summed E-state index contributed by atoms with van der Waals surface area (Å²) in [4.78, 5) is 38.4. The molecular formula is C73H136O6. The van der Waals surface area contributed by atoms with Gasteiger partial charge in [0, 0.05) is 19.3 Å². The molecule has 0 fully saturated rings. The van der Waals surface area contributed by atoms with Gasteiger partial charge in [-0.15, -0.1) is 0 Å². The lowest BCUT2D eigenvalue weighted by Gasteiger charge is -2.18. The topological polar surface area (TPSA) is 78.9 Å². The second-order valence-corrected chi connectivity index (χ2v) is 24.1. The fourth-order valence-corrected chi connectivity index (χ4v) is 10.8. The summed E-state index contributed by atoms with van der Waals surface area (Å²) in [7, 11) is 0. The number of allylic oxidation sites excluding steroid dienone is 6. The fourth-order valence-electron chi connectivity index (χ4n) is 10.8. The Kier molecular flexibility index (Phi) is 66.1. The number of unbranched alkanes of at least 4 members (excludes halogenated alkanes) is 49. The first kappa shape index (κ1) is 76.6. The first-order chi connectivity index (χ1) is 39.0. The van der Waals surface area contributed by atoms with E-state index in [9.17, 15) is 14.4 Å². The van der Waals surface area contributed by atoms with Gasteiger partial charge in [0.25, 0.3) is 0 Å². The Morgan fingerprint density at radius 1 is 0.253 bits per heavy atom. The molecule has 0 spiro atoms. The minimum absolute atomic E-state index is 0.0671. The summed E-state index contributed by atoms with van der Waals surface area (Å²) < 4.78 is 17.0. The summed E-state index contributed by atoms with van der Waals surface area (Å²) in [5.74, 6) is -0.840. The van der Waals surface area contributed by atoms with E-state index >= 15 is 0 Å². The van der Waals surface area contributed by atoms with Crippen molar-refractivity contribution in [1.82, 2.24) is 0 Å². The van der Waals surface area contributed by atoms with Crippen LogP contribution < -0.4 is 0 Å². The van der Waals surface area contributed by atoms with E-state index in [4.69, 9.17) is 14.2 Å². The molecule has 6 nitrogen and oxygen atoms in total. The van der Waals surface area contributed by atoms with Crippen LogP contribution in [0.15, 0.2) is 36.5 Å². The molecule has 0 saturated carbocycles. The number of carbonyl (C=O) groups is 3. The maximum absolute atomic E-state index is 13.0. The highest BCUT2D eigenvalue weighted by Gasteiger charge is 2.19. The third-order valence-electron chi connectivity index (χ3n) is 16.1. The molecule has 6 heteroatoms. The largest absolute Gasteiger partial charge is 0.462 e. The van der Waals surface area contributed by atoms with E-state index in [0.29, 0.717) is 19.3 Å². The Bertz CT molecular complexity index is 1320. The summed E-state index contributed by atoms with van der Waals surface area (Å²) in [5.41, 5.74) is 0. The van der Waals surface area contributed by atoms with E-state index in [1.807, 2.05) is 0 Å². The van der Waals surface area contributed by atoms with Crippen LogP contribution in [-0.2, 0) is 28.6 Å². The zero-order valence-corrected chi connectivity index (χ0v) is 53.4. The molecule has 0 radical (unpaired) electrons. The molecule has 0 aromatic rings. The minimum Gasteiger partial charge on any atom is -0.462 e. The second kappa shape index (κ2) is 68.1. The van der Waals surface area contributed by atoms with Crippen molar-refractivity contribution in [2.75, 3.05) is 13.2 Å². The van der Waals surface area contributed by atoms with E-state index in [1.54, 1.807) is 0 Å². The van der Waals surface area contributed by atoms with Gasteiger partial charge in [-0.1, -0.05) is 333 Å². The maximum atomic E-state index is 13.0. The Balaban J connectivity index is 4.24. The second-order valence-electron chi connectivity index (χ2n) is 24.1. The Morgan fingerprint density at radius 3 is 0.709 bits per heavy atom. The first-order valence-corrected chi connectivity index (χ1v) is 35.5. The first-order valence-electron chi connectivity index (χ1n) is 35.5. The average Bonchev–Trinajstić information content (AvgIpc) is 3.45. The van der Waals surface area contributed by atoms with Gasteiger partial charge in [0.15, 0.2) is 6.10 Å². The predicted molar refractivity (Wildman–Crippen MR) is 344 cm³/mol. The van der Waals surface area contributed by atoms with Crippen LogP contribution in [0.4, 0.5) is 0 Å². The smallest absolute Gasteiger partial charge is 0.306 e. The molecule has 464 valence electrons.